The lowest BCUT2D eigenvalue weighted by atomic mass is 9.99. The Kier molecular flexibility index (Phi) is 4.36. The number of fused-ring (bicyclic) bond motifs is 1. The van der Waals surface area contributed by atoms with Gasteiger partial charge in [0, 0.05) is 21.5 Å². The number of rotatable bonds is 2. The zero-order valence-corrected chi connectivity index (χ0v) is 15.8. The zero-order chi connectivity index (χ0) is 14.3. The van der Waals surface area contributed by atoms with E-state index in [2.05, 4.69) is 71.3 Å². The average Bonchev–Trinajstić information content (AvgIpc) is 2.77. The SMILES string of the molecule is O=C1CCc2cc(C(Br)c3cc(Br)c(Br)s3)ccc2N1. The molecule has 1 atom stereocenters. The molecule has 1 unspecified atom stereocenters. The first kappa shape index (κ1) is 14.8. The van der Waals surface area contributed by atoms with Gasteiger partial charge in [0.2, 0.25) is 5.91 Å². The Balaban J connectivity index is 1.92. The minimum Gasteiger partial charge on any atom is -0.326 e. The molecule has 0 aliphatic carbocycles. The van der Waals surface area contributed by atoms with E-state index in [1.54, 1.807) is 11.3 Å². The van der Waals surface area contributed by atoms with Crippen molar-refractivity contribution in [1.29, 1.82) is 0 Å². The summed E-state index contributed by atoms with van der Waals surface area (Å²) in [5.41, 5.74) is 3.36. The molecule has 0 saturated carbocycles. The normalized spacial score (nSPS) is 15.7. The van der Waals surface area contributed by atoms with E-state index in [4.69, 9.17) is 0 Å². The number of amides is 1. The highest BCUT2D eigenvalue weighted by molar-refractivity contribution is 9.13. The van der Waals surface area contributed by atoms with Crippen LogP contribution in [0.2, 0.25) is 0 Å². The molecule has 1 amide bonds. The maximum absolute atomic E-state index is 11.4. The van der Waals surface area contributed by atoms with Crippen LogP contribution in [0.5, 0.6) is 0 Å². The predicted molar refractivity (Wildman–Crippen MR) is 93.9 cm³/mol. The van der Waals surface area contributed by atoms with Crippen LogP contribution in [-0.2, 0) is 11.2 Å². The Hall–Kier alpha value is -0.170. The largest absolute Gasteiger partial charge is 0.326 e. The van der Waals surface area contributed by atoms with Crippen molar-refractivity contribution >= 4 is 70.7 Å². The summed E-state index contributed by atoms with van der Waals surface area (Å²) in [7, 11) is 0. The van der Waals surface area contributed by atoms with Gasteiger partial charge in [-0.1, -0.05) is 28.1 Å². The summed E-state index contributed by atoms with van der Waals surface area (Å²) in [5.74, 6) is 0.103. The molecule has 2 aromatic rings. The number of benzene rings is 1. The van der Waals surface area contributed by atoms with Crippen molar-refractivity contribution in [2.75, 3.05) is 5.32 Å². The second-order valence-electron chi connectivity index (χ2n) is 4.60. The third-order valence-corrected chi connectivity index (χ3v) is 7.88. The molecule has 0 spiro atoms. The Morgan fingerprint density at radius 3 is 2.70 bits per heavy atom. The van der Waals surface area contributed by atoms with Crippen molar-refractivity contribution in [3.63, 3.8) is 0 Å². The van der Waals surface area contributed by atoms with Crippen LogP contribution in [0.15, 0.2) is 32.5 Å². The van der Waals surface area contributed by atoms with Gasteiger partial charge in [-0.25, -0.2) is 0 Å². The second-order valence-corrected chi connectivity index (χ2v) is 8.77. The van der Waals surface area contributed by atoms with Gasteiger partial charge in [-0.05, 0) is 61.5 Å². The number of hydrogen-bond donors (Lipinski definition) is 1. The van der Waals surface area contributed by atoms with Gasteiger partial charge in [0.05, 0.1) is 8.61 Å². The number of nitrogens with one attached hydrogen (secondary N) is 1. The number of carbonyl (C=O) groups is 1. The van der Waals surface area contributed by atoms with Crippen molar-refractivity contribution in [1.82, 2.24) is 0 Å². The van der Waals surface area contributed by atoms with E-state index >= 15 is 0 Å². The first-order chi connectivity index (χ1) is 9.54. The van der Waals surface area contributed by atoms with Gasteiger partial charge in [0.25, 0.3) is 0 Å². The van der Waals surface area contributed by atoms with Crippen molar-refractivity contribution in [3.05, 3.63) is 48.5 Å². The number of thiophene rings is 1. The molecule has 1 N–H and O–H groups in total. The Bertz CT molecular complexity index is 664. The lowest BCUT2D eigenvalue weighted by Crippen LogP contribution is -2.19. The van der Waals surface area contributed by atoms with Gasteiger partial charge in [0.15, 0.2) is 0 Å². The summed E-state index contributed by atoms with van der Waals surface area (Å²) < 4.78 is 2.18. The molecule has 0 fully saturated rings. The Morgan fingerprint density at radius 1 is 1.20 bits per heavy atom. The molecule has 1 aromatic carbocycles. The van der Waals surface area contributed by atoms with Gasteiger partial charge in [0.1, 0.15) is 0 Å². The minimum absolute atomic E-state index is 0.103. The highest BCUT2D eigenvalue weighted by atomic mass is 79.9. The van der Waals surface area contributed by atoms with Crippen molar-refractivity contribution in [2.24, 2.45) is 0 Å². The van der Waals surface area contributed by atoms with E-state index in [-0.39, 0.29) is 10.7 Å². The molecule has 0 saturated heterocycles. The van der Waals surface area contributed by atoms with Crippen LogP contribution in [-0.4, -0.2) is 5.91 Å². The molecule has 104 valence electrons. The third-order valence-electron chi connectivity index (χ3n) is 3.23. The van der Waals surface area contributed by atoms with E-state index in [1.807, 2.05) is 6.07 Å². The van der Waals surface area contributed by atoms with Crippen molar-refractivity contribution in [2.45, 2.75) is 17.7 Å². The van der Waals surface area contributed by atoms with Crippen LogP contribution in [0.4, 0.5) is 5.69 Å². The molecule has 3 rings (SSSR count). The van der Waals surface area contributed by atoms with Crippen LogP contribution in [0.3, 0.4) is 0 Å². The van der Waals surface area contributed by atoms with Crippen LogP contribution >= 0.6 is 59.1 Å². The summed E-state index contributed by atoms with van der Waals surface area (Å²) in [6, 6.07) is 8.35. The van der Waals surface area contributed by atoms with E-state index in [9.17, 15) is 4.79 Å². The molecule has 0 radical (unpaired) electrons. The number of anilines is 1. The van der Waals surface area contributed by atoms with Gasteiger partial charge < -0.3 is 5.32 Å². The number of hydrogen-bond acceptors (Lipinski definition) is 2. The van der Waals surface area contributed by atoms with E-state index in [1.165, 1.54) is 16.0 Å². The predicted octanol–water partition coefficient (Wildman–Crippen LogP) is 5.64. The van der Waals surface area contributed by atoms with Gasteiger partial charge >= 0.3 is 0 Å². The number of halogens is 3. The fourth-order valence-electron chi connectivity index (χ4n) is 2.21. The molecule has 1 aromatic heterocycles. The van der Waals surface area contributed by atoms with Crippen molar-refractivity contribution in [3.8, 4) is 0 Å². The smallest absolute Gasteiger partial charge is 0.224 e. The fraction of sp³-hybridized carbons (Fsp3) is 0.214. The van der Waals surface area contributed by atoms with Crippen LogP contribution < -0.4 is 5.32 Å². The monoisotopic (exact) mass is 477 g/mol. The van der Waals surface area contributed by atoms with E-state index < -0.39 is 0 Å². The molecule has 6 heteroatoms. The lowest BCUT2D eigenvalue weighted by Gasteiger charge is -2.18. The number of aryl methyl sites for hydroxylation is 1. The van der Waals surface area contributed by atoms with E-state index in [0.29, 0.717) is 6.42 Å². The highest BCUT2D eigenvalue weighted by Crippen LogP contribution is 2.42. The molecule has 1 aliphatic rings. The molecule has 0 bridgehead atoms. The summed E-state index contributed by atoms with van der Waals surface area (Å²) in [4.78, 5) is 12.8. The minimum atomic E-state index is 0.103. The van der Waals surface area contributed by atoms with E-state index in [0.717, 1.165) is 20.4 Å². The zero-order valence-electron chi connectivity index (χ0n) is 10.3. The molecule has 1 aliphatic heterocycles. The quantitative estimate of drug-likeness (QED) is 0.555. The Morgan fingerprint density at radius 2 is 2.00 bits per heavy atom. The summed E-state index contributed by atoms with van der Waals surface area (Å²) >= 11 is 12.5. The summed E-state index contributed by atoms with van der Waals surface area (Å²) in [5, 5.41) is 2.91. The van der Waals surface area contributed by atoms with Crippen molar-refractivity contribution < 1.29 is 4.79 Å². The fourth-order valence-corrected chi connectivity index (χ4v) is 5.01. The number of alkyl halides is 1. The molecular formula is C14H10Br3NOS. The third kappa shape index (κ3) is 2.89. The second kappa shape index (κ2) is 5.91. The first-order valence-electron chi connectivity index (χ1n) is 6.06. The maximum Gasteiger partial charge on any atom is 0.224 e. The highest BCUT2D eigenvalue weighted by Gasteiger charge is 2.19. The Labute approximate surface area is 146 Å². The molecule has 2 heterocycles. The first-order valence-corrected chi connectivity index (χ1v) is 9.38. The van der Waals surface area contributed by atoms with Crippen LogP contribution in [0.25, 0.3) is 0 Å². The number of carbonyl (C=O) groups excluding carboxylic acids is 1. The summed E-state index contributed by atoms with van der Waals surface area (Å²) in [6.45, 7) is 0. The van der Waals surface area contributed by atoms with Crippen LogP contribution in [0.1, 0.15) is 27.3 Å². The van der Waals surface area contributed by atoms with Crippen LogP contribution in [0, 0.1) is 0 Å². The molecular weight excluding hydrogens is 470 g/mol. The topological polar surface area (TPSA) is 29.1 Å². The average molecular weight is 480 g/mol. The lowest BCUT2D eigenvalue weighted by molar-refractivity contribution is -0.116. The standard InChI is InChI=1S/C14H10Br3NOS/c15-9-6-11(20-14(9)17)13(16)8-1-3-10-7(5-8)2-4-12(19)18-10/h1,3,5-6,13H,2,4H2,(H,18,19). The van der Waals surface area contributed by atoms with Gasteiger partial charge in [-0.3, -0.25) is 4.79 Å². The molecule has 20 heavy (non-hydrogen) atoms. The summed E-state index contributed by atoms with van der Waals surface area (Å²) in [6.07, 6.45) is 1.38. The maximum atomic E-state index is 11.4. The van der Waals surface area contributed by atoms with Gasteiger partial charge in [-0.15, -0.1) is 11.3 Å². The van der Waals surface area contributed by atoms with Gasteiger partial charge in [-0.2, -0.15) is 0 Å². The molecule has 2 nitrogen and oxygen atoms in total.